The van der Waals surface area contributed by atoms with Crippen molar-refractivity contribution in [2.45, 2.75) is 45.2 Å². The van der Waals surface area contributed by atoms with Gasteiger partial charge in [-0.05, 0) is 23.6 Å². The molecule has 4 amide bonds. The molecule has 0 spiro atoms. The van der Waals surface area contributed by atoms with Crippen molar-refractivity contribution in [2.24, 2.45) is 5.73 Å². The summed E-state index contributed by atoms with van der Waals surface area (Å²) in [5, 5.41) is 2.31. The van der Waals surface area contributed by atoms with Crippen molar-refractivity contribution >= 4 is 23.8 Å². The number of nitrogens with zero attached hydrogens (tertiary/aromatic N) is 2. The Labute approximate surface area is 219 Å². The number of amides is 4. The molecule has 38 heavy (non-hydrogen) atoms. The number of benzene rings is 2. The average Bonchev–Trinajstić information content (AvgIpc) is 3.24. The second kappa shape index (κ2) is 11.2. The zero-order valence-electron chi connectivity index (χ0n) is 20.9. The van der Waals surface area contributed by atoms with Crippen LogP contribution in [0, 0.1) is 0 Å². The highest BCUT2D eigenvalue weighted by Crippen LogP contribution is 2.37. The van der Waals surface area contributed by atoms with Crippen LogP contribution in [-0.4, -0.2) is 66.0 Å². The van der Waals surface area contributed by atoms with Crippen molar-refractivity contribution in [1.29, 1.82) is 0 Å². The fourth-order valence-corrected chi connectivity index (χ4v) is 5.02. The van der Waals surface area contributed by atoms with Crippen LogP contribution in [0.3, 0.4) is 0 Å². The lowest BCUT2D eigenvalue weighted by molar-refractivity contribution is -0.136. The van der Waals surface area contributed by atoms with Crippen LogP contribution in [0.2, 0.25) is 0 Å². The Hall–Kier alpha value is -3.96. The normalized spacial score (nSPS) is 19.7. The Balaban J connectivity index is 1.33. The van der Waals surface area contributed by atoms with Crippen molar-refractivity contribution < 1.29 is 33.4 Å². The molecule has 11 heteroatoms. The number of nitrogens with one attached hydrogen (secondary N) is 1. The quantitative estimate of drug-likeness (QED) is 0.497. The average molecular weight is 523 g/mol. The third-order valence-electron chi connectivity index (χ3n) is 7.03. The van der Waals surface area contributed by atoms with Gasteiger partial charge in [-0.25, -0.2) is 4.79 Å². The monoisotopic (exact) mass is 522 g/mol. The van der Waals surface area contributed by atoms with Crippen LogP contribution in [-0.2, 0) is 45.4 Å². The van der Waals surface area contributed by atoms with E-state index in [2.05, 4.69) is 22.3 Å². The van der Waals surface area contributed by atoms with Gasteiger partial charge in [-0.3, -0.25) is 24.6 Å². The summed E-state index contributed by atoms with van der Waals surface area (Å²) in [4.78, 5) is 52.3. The number of piperidine rings is 1. The minimum Gasteiger partial charge on any atom is -0.488 e. The molecule has 3 heterocycles. The molecule has 200 valence electrons. The first-order valence-corrected chi connectivity index (χ1v) is 12.6. The number of rotatable bonds is 8. The van der Waals surface area contributed by atoms with Crippen molar-refractivity contribution in [1.82, 2.24) is 15.1 Å². The highest BCUT2D eigenvalue weighted by Gasteiger charge is 2.40. The summed E-state index contributed by atoms with van der Waals surface area (Å²) in [6.45, 7) is 4.41. The van der Waals surface area contributed by atoms with E-state index in [-0.39, 0.29) is 44.4 Å². The van der Waals surface area contributed by atoms with Gasteiger partial charge in [0.25, 0.3) is 5.91 Å². The molecular weight excluding hydrogens is 492 g/mol. The van der Waals surface area contributed by atoms with E-state index in [1.165, 1.54) is 10.5 Å². The van der Waals surface area contributed by atoms with Crippen molar-refractivity contribution in [2.75, 3.05) is 26.3 Å². The lowest BCUT2D eigenvalue weighted by atomic mass is 10.0. The Morgan fingerprint density at radius 1 is 1.03 bits per heavy atom. The molecule has 0 bridgehead atoms. The minimum atomic E-state index is -0.923. The number of morpholine rings is 1. The first-order chi connectivity index (χ1) is 18.4. The summed E-state index contributed by atoms with van der Waals surface area (Å²) in [6.07, 6.45) is -0.498. The zero-order valence-corrected chi connectivity index (χ0v) is 20.9. The lowest BCUT2D eigenvalue weighted by Crippen LogP contribution is -2.52. The number of primary amides is 1. The van der Waals surface area contributed by atoms with E-state index in [0.717, 1.165) is 38.4 Å². The maximum atomic E-state index is 13.2. The van der Waals surface area contributed by atoms with Crippen LogP contribution >= 0.6 is 0 Å². The molecular formula is C27H30N4O7. The van der Waals surface area contributed by atoms with Gasteiger partial charge in [0.15, 0.2) is 0 Å². The summed E-state index contributed by atoms with van der Waals surface area (Å²) in [5.41, 5.74) is 8.87. The summed E-state index contributed by atoms with van der Waals surface area (Å²) >= 11 is 0. The van der Waals surface area contributed by atoms with E-state index in [4.69, 9.17) is 19.9 Å². The van der Waals surface area contributed by atoms with Crippen LogP contribution in [0.5, 0.6) is 5.75 Å². The predicted molar refractivity (Wildman–Crippen MR) is 134 cm³/mol. The number of ether oxygens (including phenoxy) is 3. The zero-order chi connectivity index (χ0) is 26.6. The first-order valence-electron chi connectivity index (χ1n) is 12.6. The molecule has 0 aliphatic carbocycles. The fraction of sp³-hybridized carbons (Fsp3) is 0.407. The molecule has 2 saturated heterocycles. The molecule has 11 nitrogen and oxygen atoms in total. The predicted octanol–water partition coefficient (Wildman–Crippen LogP) is 1.45. The Bertz CT molecular complexity index is 1240. The van der Waals surface area contributed by atoms with Crippen LogP contribution in [0.25, 0.3) is 0 Å². The third-order valence-corrected chi connectivity index (χ3v) is 7.03. The van der Waals surface area contributed by atoms with E-state index < -0.39 is 18.0 Å². The molecule has 3 aliphatic rings. The number of imide groups is 1. The third kappa shape index (κ3) is 5.63. The van der Waals surface area contributed by atoms with Crippen LogP contribution < -0.4 is 15.8 Å². The van der Waals surface area contributed by atoms with Crippen LogP contribution in [0.4, 0.5) is 4.79 Å². The SMILES string of the molecule is NC(=O)OCc1ccc2c(c1OCc1ccc(CN3CCOCC3)cc1)CN(C1CCC(=O)NC1=O)C2=O. The molecule has 3 aliphatic heterocycles. The Kier molecular flexibility index (Phi) is 7.57. The molecule has 2 aromatic rings. The smallest absolute Gasteiger partial charge is 0.404 e. The van der Waals surface area contributed by atoms with Gasteiger partial charge >= 0.3 is 6.09 Å². The minimum absolute atomic E-state index is 0.122. The van der Waals surface area contributed by atoms with Gasteiger partial charge in [0.05, 0.1) is 19.8 Å². The number of nitrogens with two attached hydrogens (primary N) is 1. The maximum Gasteiger partial charge on any atom is 0.404 e. The van der Waals surface area contributed by atoms with E-state index in [1.54, 1.807) is 12.1 Å². The second-order valence-electron chi connectivity index (χ2n) is 9.58. The highest BCUT2D eigenvalue weighted by atomic mass is 16.5. The van der Waals surface area contributed by atoms with Gasteiger partial charge in [-0.2, -0.15) is 0 Å². The van der Waals surface area contributed by atoms with Gasteiger partial charge in [0.1, 0.15) is 25.0 Å². The molecule has 1 atom stereocenters. The summed E-state index contributed by atoms with van der Waals surface area (Å²) in [5.74, 6) is -0.723. The molecule has 2 fully saturated rings. The second-order valence-corrected chi connectivity index (χ2v) is 9.58. The summed E-state index contributed by atoms with van der Waals surface area (Å²) < 4.78 is 16.6. The Morgan fingerprint density at radius 3 is 2.47 bits per heavy atom. The van der Waals surface area contributed by atoms with Gasteiger partial charge in [0, 0.05) is 42.7 Å². The van der Waals surface area contributed by atoms with E-state index in [0.29, 0.717) is 22.4 Å². The number of carbonyl (C=O) groups is 4. The van der Waals surface area contributed by atoms with Crippen LogP contribution in [0.1, 0.15) is 45.5 Å². The summed E-state index contributed by atoms with van der Waals surface area (Å²) in [6, 6.07) is 10.7. The van der Waals surface area contributed by atoms with Gasteiger partial charge in [0.2, 0.25) is 11.8 Å². The largest absolute Gasteiger partial charge is 0.488 e. The van der Waals surface area contributed by atoms with E-state index in [9.17, 15) is 19.2 Å². The van der Waals surface area contributed by atoms with E-state index in [1.807, 2.05) is 12.1 Å². The lowest BCUT2D eigenvalue weighted by Gasteiger charge is -2.29. The van der Waals surface area contributed by atoms with Crippen LogP contribution in [0.15, 0.2) is 36.4 Å². The molecule has 1 unspecified atom stereocenters. The molecule has 0 radical (unpaired) electrons. The van der Waals surface area contributed by atoms with Gasteiger partial charge < -0.3 is 24.8 Å². The van der Waals surface area contributed by atoms with Gasteiger partial charge in [-0.1, -0.05) is 30.3 Å². The Morgan fingerprint density at radius 2 is 1.76 bits per heavy atom. The van der Waals surface area contributed by atoms with E-state index >= 15 is 0 Å². The van der Waals surface area contributed by atoms with Gasteiger partial charge in [-0.15, -0.1) is 0 Å². The molecule has 0 aromatic heterocycles. The highest BCUT2D eigenvalue weighted by molar-refractivity contribution is 6.05. The van der Waals surface area contributed by atoms with Crippen molar-refractivity contribution in [3.63, 3.8) is 0 Å². The van der Waals surface area contributed by atoms with Crippen molar-refractivity contribution in [3.8, 4) is 5.75 Å². The maximum absolute atomic E-state index is 13.2. The number of hydrogen-bond acceptors (Lipinski definition) is 8. The molecule has 0 saturated carbocycles. The summed E-state index contributed by atoms with van der Waals surface area (Å²) in [7, 11) is 0. The fourth-order valence-electron chi connectivity index (χ4n) is 5.02. The number of carbonyl (C=O) groups excluding carboxylic acids is 4. The molecule has 5 rings (SSSR count). The number of fused-ring (bicyclic) bond motifs is 1. The standard InChI is InChI=1S/C27H30N4O7/c28-27(35)38-16-19-5-6-20-21(14-31(26(20)34)22-7-8-23(32)29-25(22)33)24(19)37-15-18-3-1-17(2-4-18)13-30-9-11-36-12-10-30/h1-6,22H,7-16H2,(H2,28,35)(H,29,32,33). The number of hydrogen-bond donors (Lipinski definition) is 2. The molecule has 2 aromatic carbocycles. The first kappa shape index (κ1) is 25.7. The van der Waals surface area contributed by atoms with Crippen molar-refractivity contribution in [3.05, 3.63) is 64.2 Å². The molecule has 3 N–H and O–H groups in total. The topological polar surface area (TPSA) is 140 Å².